The van der Waals surface area contributed by atoms with E-state index < -0.39 is 0 Å². The number of ether oxygens (including phenoxy) is 1. The fourth-order valence-corrected chi connectivity index (χ4v) is 3.19. The molecule has 0 radical (unpaired) electrons. The SMILES string of the molecule is Cc1ccc(C)c(OCCCCC(=O)N2CCN(c3ncccn3)CC2)c1. The maximum atomic E-state index is 12.4. The number of hydrogen-bond acceptors (Lipinski definition) is 5. The summed E-state index contributed by atoms with van der Waals surface area (Å²) in [6.45, 7) is 7.80. The Labute approximate surface area is 161 Å². The van der Waals surface area contributed by atoms with Gasteiger partial charge in [0.1, 0.15) is 5.75 Å². The molecule has 1 fully saturated rings. The predicted molar refractivity (Wildman–Crippen MR) is 106 cm³/mol. The van der Waals surface area contributed by atoms with Crippen LogP contribution in [0.25, 0.3) is 0 Å². The molecule has 0 spiro atoms. The van der Waals surface area contributed by atoms with Crippen LogP contribution in [0.5, 0.6) is 5.75 Å². The van der Waals surface area contributed by atoms with E-state index in [1.54, 1.807) is 12.4 Å². The minimum absolute atomic E-state index is 0.232. The number of anilines is 1. The Morgan fingerprint density at radius 1 is 1.07 bits per heavy atom. The van der Waals surface area contributed by atoms with Crippen LogP contribution in [0.3, 0.4) is 0 Å². The molecular weight excluding hydrogens is 340 g/mol. The van der Waals surface area contributed by atoms with E-state index in [-0.39, 0.29) is 5.91 Å². The van der Waals surface area contributed by atoms with Crippen molar-refractivity contribution in [3.05, 3.63) is 47.8 Å². The van der Waals surface area contributed by atoms with E-state index in [0.29, 0.717) is 13.0 Å². The Morgan fingerprint density at radius 2 is 1.81 bits per heavy atom. The van der Waals surface area contributed by atoms with Crippen LogP contribution in [-0.2, 0) is 4.79 Å². The first kappa shape index (κ1) is 19.1. The molecular formula is C21H28N4O2. The lowest BCUT2D eigenvalue weighted by molar-refractivity contribution is -0.131. The van der Waals surface area contributed by atoms with Crippen LogP contribution in [0.1, 0.15) is 30.4 Å². The van der Waals surface area contributed by atoms with Crippen LogP contribution in [0.4, 0.5) is 5.95 Å². The average Bonchev–Trinajstić information content (AvgIpc) is 2.71. The van der Waals surface area contributed by atoms with Crippen LogP contribution >= 0.6 is 0 Å². The zero-order chi connectivity index (χ0) is 19.1. The van der Waals surface area contributed by atoms with Crippen molar-refractivity contribution < 1.29 is 9.53 Å². The number of rotatable bonds is 7. The molecule has 0 N–H and O–H groups in total. The normalized spacial score (nSPS) is 14.3. The number of aromatic nitrogens is 2. The van der Waals surface area contributed by atoms with Crippen molar-refractivity contribution in [1.82, 2.24) is 14.9 Å². The average molecular weight is 368 g/mol. The third-order valence-electron chi connectivity index (χ3n) is 4.85. The number of aryl methyl sites for hydroxylation is 2. The molecule has 1 aliphatic rings. The second-order valence-electron chi connectivity index (χ2n) is 6.99. The molecule has 1 amide bonds. The van der Waals surface area contributed by atoms with Gasteiger partial charge < -0.3 is 14.5 Å². The van der Waals surface area contributed by atoms with Crippen LogP contribution in [0.15, 0.2) is 36.7 Å². The molecule has 3 rings (SSSR count). The molecule has 0 saturated carbocycles. The second-order valence-corrected chi connectivity index (χ2v) is 6.99. The van der Waals surface area contributed by atoms with Crippen LogP contribution in [0, 0.1) is 13.8 Å². The lowest BCUT2D eigenvalue weighted by Gasteiger charge is -2.34. The molecule has 0 unspecified atom stereocenters. The van der Waals surface area contributed by atoms with Crippen molar-refractivity contribution in [2.45, 2.75) is 33.1 Å². The quantitative estimate of drug-likeness (QED) is 0.703. The number of nitrogens with zero attached hydrogens (tertiary/aromatic N) is 4. The van der Waals surface area contributed by atoms with Crippen LogP contribution in [-0.4, -0.2) is 53.6 Å². The number of unbranched alkanes of at least 4 members (excludes halogenated alkanes) is 1. The Hall–Kier alpha value is -2.63. The molecule has 0 atom stereocenters. The fourth-order valence-electron chi connectivity index (χ4n) is 3.19. The molecule has 6 heteroatoms. The minimum atomic E-state index is 0.232. The van der Waals surface area contributed by atoms with Crippen molar-refractivity contribution in [2.75, 3.05) is 37.7 Å². The zero-order valence-electron chi connectivity index (χ0n) is 16.2. The number of hydrogen-bond donors (Lipinski definition) is 0. The first-order valence-corrected chi connectivity index (χ1v) is 9.63. The highest BCUT2D eigenvalue weighted by molar-refractivity contribution is 5.76. The van der Waals surface area contributed by atoms with Gasteiger partial charge in [-0.05, 0) is 49.9 Å². The Morgan fingerprint density at radius 3 is 2.56 bits per heavy atom. The van der Waals surface area contributed by atoms with Gasteiger partial charge >= 0.3 is 0 Å². The van der Waals surface area contributed by atoms with Crippen molar-refractivity contribution >= 4 is 11.9 Å². The number of carbonyl (C=O) groups is 1. The Bertz CT molecular complexity index is 743. The third kappa shape index (κ3) is 5.42. The van der Waals surface area contributed by atoms with Gasteiger partial charge in [0.25, 0.3) is 0 Å². The van der Waals surface area contributed by atoms with Crippen LogP contribution < -0.4 is 9.64 Å². The molecule has 1 saturated heterocycles. The van der Waals surface area contributed by atoms with E-state index in [1.165, 1.54) is 5.56 Å². The Balaban J connectivity index is 1.34. The van der Waals surface area contributed by atoms with E-state index in [0.717, 1.165) is 56.3 Å². The maximum absolute atomic E-state index is 12.4. The van der Waals surface area contributed by atoms with Crippen molar-refractivity contribution in [2.24, 2.45) is 0 Å². The van der Waals surface area contributed by atoms with E-state index in [2.05, 4.69) is 46.9 Å². The summed E-state index contributed by atoms with van der Waals surface area (Å²) in [7, 11) is 0. The van der Waals surface area contributed by atoms with E-state index >= 15 is 0 Å². The number of benzene rings is 1. The number of piperazine rings is 1. The van der Waals surface area contributed by atoms with Gasteiger partial charge in [-0.2, -0.15) is 0 Å². The van der Waals surface area contributed by atoms with Gasteiger partial charge in [0.15, 0.2) is 0 Å². The van der Waals surface area contributed by atoms with Gasteiger partial charge in [0.2, 0.25) is 11.9 Å². The summed E-state index contributed by atoms with van der Waals surface area (Å²) in [6.07, 6.45) is 5.82. The molecule has 6 nitrogen and oxygen atoms in total. The standard InChI is InChI=1S/C21H28N4O2/c1-17-7-8-18(2)19(16-17)27-15-4-3-6-20(26)24-11-13-25(14-12-24)21-22-9-5-10-23-21/h5,7-10,16H,3-4,6,11-15H2,1-2H3. The summed E-state index contributed by atoms with van der Waals surface area (Å²) in [6, 6.07) is 8.04. The molecule has 2 heterocycles. The third-order valence-corrected chi connectivity index (χ3v) is 4.85. The summed E-state index contributed by atoms with van der Waals surface area (Å²) >= 11 is 0. The molecule has 1 aromatic carbocycles. The van der Waals surface area contributed by atoms with E-state index in [1.807, 2.05) is 11.0 Å². The Kier molecular flexibility index (Phi) is 6.63. The lowest BCUT2D eigenvalue weighted by atomic mass is 10.1. The molecule has 0 bridgehead atoms. The minimum Gasteiger partial charge on any atom is -0.493 e. The van der Waals surface area contributed by atoms with Gasteiger partial charge in [-0.3, -0.25) is 4.79 Å². The molecule has 2 aromatic rings. The highest BCUT2D eigenvalue weighted by Crippen LogP contribution is 2.19. The predicted octanol–water partition coefficient (Wildman–Crippen LogP) is 2.99. The van der Waals surface area contributed by atoms with Crippen molar-refractivity contribution in [3.8, 4) is 5.75 Å². The molecule has 1 aliphatic heterocycles. The molecule has 144 valence electrons. The lowest BCUT2D eigenvalue weighted by Crippen LogP contribution is -2.49. The molecule has 0 aliphatic carbocycles. The maximum Gasteiger partial charge on any atom is 0.225 e. The highest BCUT2D eigenvalue weighted by atomic mass is 16.5. The summed E-state index contributed by atoms with van der Waals surface area (Å²) in [5.41, 5.74) is 2.35. The summed E-state index contributed by atoms with van der Waals surface area (Å²) < 4.78 is 5.86. The molecule has 1 aromatic heterocycles. The number of amides is 1. The summed E-state index contributed by atoms with van der Waals surface area (Å²) in [5, 5.41) is 0. The summed E-state index contributed by atoms with van der Waals surface area (Å²) in [5.74, 6) is 1.92. The second kappa shape index (κ2) is 9.35. The number of carbonyl (C=O) groups excluding carboxylic acids is 1. The van der Waals surface area contributed by atoms with Crippen molar-refractivity contribution in [1.29, 1.82) is 0 Å². The van der Waals surface area contributed by atoms with Gasteiger partial charge in [-0.25, -0.2) is 9.97 Å². The topological polar surface area (TPSA) is 58.6 Å². The smallest absolute Gasteiger partial charge is 0.225 e. The van der Waals surface area contributed by atoms with Crippen molar-refractivity contribution in [3.63, 3.8) is 0 Å². The van der Waals surface area contributed by atoms with Gasteiger partial charge in [0, 0.05) is 45.0 Å². The largest absolute Gasteiger partial charge is 0.493 e. The van der Waals surface area contributed by atoms with Gasteiger partial charge in [-0.15, -0.1) is 0 Å². The van der Waals surface area contributed by atoms with Gasteiger partial charge in [-0.1, -0.05) is 12.1 Å². The van der Waals surface area contributed by atoms with Gasteiger partial charge in [0.05, 0.1) is 6.61 Å². The molecule has 27 heavy (non-hydrogen) atoms. The van der Waals surface area contributed by atoms with E-state index in [4.69, 9.17) is 4.74 Å². The first-order chi connectivity index (χ1) is 13.1. The van der Waals surface area contributed by atoms with E-state index in [9.17, 15) is 4.79 Å². The highest BCUT2D eigenvalue weighted by Gasteiger charge is 2.21. The zero-order valence-corrected chi connectivity index (χ0v) is 16.2. The first-order valence-electron chi connectivity index (χ1n) is 9.63. The monoisotopic (exact) mass is 368 g/mol. The van der Waals surface area contributed by atoms with Crippen LogP contribution in [0.2, 0.25) is 0 Å². The fraction of sp³-hybridized carbons (Fsp3) is 0.476. The summed E-state index contributed by atoms with van der Waals surface area (Å²) in [4.78, 5) is 25.0.